The summed E-state index contributed by atoms with van der Waals surface area (Å²) in [4.78, 5) is 0. The molecule has 0 aliphatic rings. The van der Waals surface area contributed by atoms with Crippen molar-refractivity contribution in [3.05, 3.63) is 45.2 Å². The molecule has 0 atom stereocenters. The van der Waals surface area contributed by atoms with E-state index in [9.17, 15) is 0 Å². The fourth-order valence-corrected chi connectivity index (χ4v) is 1.82. The second-order valence-corrected chi connectivity index (χ2v) is 4.14. The average molecular weight is 273 g/mol. The summed E-state index contributed by atoms with van der Waals surface area (Å²) in [7, 11) is 0. The Kier molecular flexibility index (Phi) is 3.06. The summed E-state index contributed by atoms with van der Waals surface area (Å²) in [6, 6.07) is 5.29. The van der Waals surface area contributed by atoms with Crippen LogP contribution in [0.15, 0.2) is 24.5 Å². The van der Waals surface area contributed by atoms with E-state index in [1.165, 1.54) is 10.9 Å². The molecule has 2 rings (SSSR count). The van der Waals surface area contributed by atoms with E-state index in [1.807, 2.05) is 6.07 Å². The number of halogens is 3. The third-order valence-electron chi connectivity index (χ3n) is 1.97. The molecule has 0 saturated heterocycles. The summed E-state index contributed by atoms with van der Waals surface area (Å²) in [5.74, 6) is 0. The van der Waals surface area contributed by atoms with Crippen molar-refractivity contribution in [3.63, 3.8) is 0 Å². The van der Waals surface area contributed by atoms with Crippen LogP contribution < -0.4 is 0 Å². The largest absolute Gasteiger partial charge is 0.238 e. The molecule has 0 radical (unpaired) electrons. The maximum atomic E-state index is 8.68. The smallest absolute Gasteiger partial charge is 0.102 e. The molecule has 0 bridgehead atoms. The van der Waals surface area contributed by atoms with Crippen LogP contribution >= 0.6 is 34.8 Å². The summed E-state index contributed by atoms with van der Waals surface area (Å²) in [5.41, 5.74) is 1.03. The molecule has 1 aromatic carbocycles. The zero-order chi connectivity index (χ0) is 11.7. The second kappa shape index (κ2) is 4.34. The monoisotopic (exact) mass is 271 g/mol. The predicted molar refractivity (Wildman–Crippen MR) is 63.3 cm³/mol. The van der Waals surface area contributed by atoms with Gasteiger partial charge in [0.15, 0.2) is 0 Å². The molecule has 0 aliphatic carbocycles. The second-order valence-electron chi connectivity index (χ2n) is 2.98. The normalized spacial score (nSPS) is 10.1. The Bertz CT molecular complexity index is 583. The lowest BCUT2D eigenvalue weighted by atomic mass is 10.3. The van der Waals surface area contributed by atoms with Crippen LogP contribution in [0.3, 0.4) is 0 Å². The summed E-state index contributed by atoms with van der Waals surface area (Å²) >= 11 is 17.7. The minimum absolute atomic E-state index is 0.273. The molecular formula is C10H4Cl3N3. The topological polar surface area (TPSA) is 41.6 Å². The van der Waals surface area contributed by atoms with Crippen molar-refractivity contribution in [2.75, 3.05) is 0 Å². The molecule has 1 heterocycles. The van der Waals surface area contributed by atoms with Crippen LogP contribution in [-0.2, 0) is 0 Å². The van der Waals surface area contributed by atoms with Gasteiger partial charge in [-0.15, -0.1) is 0 Å². The summed E-state index contributed by atoms with van der Waals surface area (Å²) in [6.45, 7) is 0. The Morgan fingerprint density at radius 3 is 2.56 bits per heavy atom. The number of hydrogen-bond acceptors (Lipinski definition) is 2. The van der Waals surface area contributed by atoms with Gasteiger partial charge < -0.3 is 0 Å². The summed E-state index contributed by atoms with van der Waals surface area (Å²) < 4.78 is 1.48. The van der Waals surface area contributed by atoms with Gasteiger partial charge >= 0.3 is 0 Å². The molecule has 6 heteroatoms. The van der Waals surface area contributed by atoms with Gasteiger partial charge in [0.2, 0.25) is 0 Å². The number of rotatable bonds is 1. The van der Waals surface area contributed by atoms with Gasteiger partial charge in [-0.3, -0.25) is 0 Å². The maximum Gasteiger partial charge on any atom is 0.102 e. The number of nitriles is 1. The molecule has 16 heavy (non-hydrogen) atoms. The minimum atomic E-state index is 0.273. The molecule has 1 aromatic heterocycles. The lowest BCUT2D eigenvalue weighted by molar-refractivity contribution is 0.881. The van der Waals surface area contributed by atoms with Gasteiger partial charge in [0, 0.05) is 6.20 Å². The molecule has 0 aliphatic heterocycles. The SMILES string of the molecule is N#Cc1cnn(-c2ccc(Cl)c(Cl)c2Cl)c1. The number of benzene rings is 1. The van der Waals surface area contributed by atoms with Gasteiger partial charge in [0.05, 0.1) is 32.5 Å². The number of hydrogen-bond donors (Lipinski definition) is 0. The van der Waals surface area contributed by atoms with Gasteiger partial charge in [0.1, 0.15) is 6.07 Å². The van der Waals surface area contributed by atoms with Crippen molar-refractivity contribution in [1.29, 1.82) is 5.26 Å². The molecular weight excluding hydrogens is 268 g/mol. The van der Waals surface area contributed by atoms with Crippen molar-refractivity contribution in [3.8, 4) is 11.8 Å². The first kappa shape index (κ1) is 11.3. The molecule has 0 amide bonds. The van der Waals surface area contributed by atoms with E-state index in [0.29, 0.717) is 21.3 Å². The third-order valence-corrected chi connectivity index (χ3v) is 3.26. The molecule has 2 aromatic rings. The van der Waals surface area contributed by atoms with Crippen molar-refractivity contribution in [1.82, 2.24) is 9.78 Å². The molecule has 80 valence electrons. The van der Waals surface area contributed by atoms with Crippen LogP contribution in [-0.4, -0.2) is 9.78 Å². The van der Waals surface area contributed by atoms with Gasteiger partial charge in [-0.1, -0.05) is 34.8 Å². The highest BCUT2D eigenvalue weighted by Gasteiger charge is 2.11. The first-order valence-corrected chi connectivity index (χ1v) is 5.35. The molecule has 0 fully saturated rings. The highest BCUT2D eigenvalue weighted by molar-refractivity contribution is 6.48. The fourth-order valence-electron chi connectivity index (χ4n) is 1.20. The number of aromatic nitrogens is 2. The molecule has 3 nitrogen and oxygen atoms in total. The molecule has 0 N–H and O–H groups in total. The van der Waals surface area contributed by atoms with Crippen LogP contribution in [0.5, 0.6) is 0 Å². The van der Waals surface area contributed by atoms with E-state index in [-0.39, 0.29) is 5.02 Å². The van der Waals surface area contributed by atoms with Gasteiger partial charge in [-0.05, 0) is 12.1 Å². The summed E-state index contributed by atoms with van der Waals surface area (Å²) in [6.07, 6.45) is 3.00. The Hall–Kier alpha value is -1.21. The quantitative estimate of drug-likeness (QED) is 0.743. The molecule has 0 saturated carbocycles. The van der Waals surface area contributed by atoms with Crippen LogP contribution in [0.1, 0.15) is 5.56 Å². The maximum absolute atomic E-state index is 8.68. The lowest BCUT2D eigenvalue weighted by Crippen LogP contribution is -1.95. The van der Waals surface area contributed by atoms with E-state index in [2.05, 4.69) is 5.10 Å². The van der Waals surface area contributed by atoms with Gasteiger partial charge in [-0.25, -0.2) is 4.68 Å². The lowest BCUT2D eigenvalue weighted by Gasteiger charge is -2.06. The predicted octanol–water partition coefficient (Wildman–Crippen LogP) is 3.70. The molecule has 0 spiro atoms. The minimum Gasteiger partial charge on any atom is -0.238 e. The number of nitrogens with zero attached hydrogens (tertiary/aromatic N) is 3. The van der Waals surface area contributed by atoms with E-state index in [4.69, 9.17) is 40.1 Å². The van der Waals surface area contributed by atoms with Crippen LogP contribution in [0.25, 0.3) is 5.69 Å². The van der Waals surface area contributed by atoms with Crippen LogP contribution in [0, 0.1) is 11.3 Å². The first-order chi connectivity index (χ1) is 7.63. The first-order valence-electron chi connectivity index (χ1n) is 4.22. The zero-order valence-electron chi connectivity index (χ0n) is 7.78. The van der Waals surface area contributed by atoms with Crippen molar-refractivity contribution in [2.45, 2.75) is 0 Å². The fraction of sp³-hybridized carbons (Fsp3) is 0. The average Bonchev–Trinajstić information content (AvgIpc) is 2.74. The molecule has 0 unspecified atom stereocenters. The van der Waals surface area contributed by atoms with E-state index < -0.39 is 0 Å². The Labute approximate surface area is 107 Å². The van der Waals surface area contributed by atoms with Gasteiger partial charge in [0.25, 0.3) is 0 Å². The van der Waals surface area contributed by atoms with Crippen molar-refractivity contribution in [2.24, 2.45) is 0 Å². The highest BCUT2D eigenvalue weighted by atomic mass is 35.5. The van der Waals surface area contributed by atoms with E-state index in [1.54, 1.807) is 18.3 Å². The van der Waals surface area contributed by atoms with E-state index in [0.717, 1.165) is 0 Å². The van der Waals surface area contributed by atoms with Gasteiger partial charge in [-0.2, -0.15) is 10.4 Å². The standard InChI is InChI=1S/C10H4Cl3N3/c11-7-1-2-8(10(13)9(7)12)16-5-6(3-14)4-15-16/h1-2,4-5H. The highest BCUT2D eigenvalue weighted by Crippen LogP contribution is 2.34. The Morgan fingerprint density at radius 1 is 1.19 bits per heavy atom. The third kappa shape index (κ3) is 1.88. The summed E-state index contributed by atoms with van der Waals surface area (Å²) in [5, 5.41) is 13.6. The Balaban J connectivity index is 2.57. The van der Waals surface area contributed by atoms with E-state index >= 15 is 0 Å². The zero-order valence-corrected chi connectivity index (χ0v) is 10.1. The Morgan fingerprint density at radius 2 is 1.94 bits per heavy atom. The van der Waals surface area contributed by atoms with Crippen molar-refractivity contribution < 1.29 is 0 Å². The van der Waals surface area contributed by atoms with Crippen LogP contribution in [0.4, 0.5) is 0 Å². The van der Waals surface area contributed by atoms with Crippen molar-refractivity contribution >= 4 is 34.8 Å². The van der Waals surface area contributed by atoms with Crippen LogP contribution in [0.2, 0.25) is 15.1 Å².